The summed E-state index contributed by atoms with van der Waals surface area (Å²) in [5.74, 6) is 0.766. The lowest BCUT2D eigenvalue weighted by Gasteiger charge is -2.12. The van der Waals surface area contributed by atoms with Crippen LogP contribution in [0.1, 0.15) is 12.8 Å². The zero-order valence-corrected chi connectivity index (χ0v) is 6.53. The van der Waals surface area contributed by atoms with Gasteiger partial charge in [-0.2, -0.15) is 0 Å². The van der Waals surface area contributed by atoms with Gasteiger partial charge in [0.15, 0.2) is 0 Å². The molecule has 0 amide bonds. The highest BCUT2D eigenvalue weighted by Gasteiger charge is 2.29. The van der Waals surface area contributed by atoms with Crippen LogP contribution in [0.4, 0.5) is 0 Å². The highest BCUT2D eigenvalue weighted by Crippen LogP contribution is 2.29. The minimum Gasteiger partial charge on any atom is -0.388 e. The molecule has 11 heavy (non-hydrogen) atoms. The van der Waals surface area contributed by atoms with Crippen LogP contribution >= 0.6 is 0 Å². The molecule has 0 bridgehead atoms. The maximum Gasteiger partial charge on any atom is 0.109 e. The molecule has 1 heterocycles. The Morgan fingerprint density at radius 3 is 2.73 bits per heavy atom. The highest BCUT2D eigenvalue weighted by atomic mass is 16.6. The smallest absolute Gasteiger partial charge is 0.109 e. The van der Waals surface area contributed by atoms with Gasteiger partial charge in [-0.25, -0.2) is 0 Å². The summed E-state index contributed by atoms with van der Waals surface area (Å²) >= 11 is 0. The third kappa shape index (κ3) is 1.92. The molecular weight excluding hydrogens is 144 g/mol. The summed E-state index contributed by atoms with van der Waals surface area (Å²) in [6, 6.07) is 0. The lowest BCUT2D eigenvalue weighted by molar-refractivity contribution is -0.0140. The number of aliphatic hydroxyl groups excluding tert-OH is 1. The molecule has 1 saturated heterocycles. The van der Waals surface area contributed by atoms with E-state index < -0.39 is 6.10 Å². The van der Waals surface area contributed by atoms with E-state index in [1.165, 1.54) is 12.8 Å². The van der Waals surface area contributed by atoms with Crippen molar-refractivity contribution >= 4 is 0 Å². The molecule has 1 saturated carbocycles. The summed E-state index contributed by atoms with van der Waals surface area (Å²) in [6.07, 6.45) is 2.14. The van der Waals surface area contributed by atoms with Crippen LogP contribution < -0.4 is 0 Å². The Balaban J connectivity index is 1.67. The van der Waals surface area contributed by atoms with E-state index in [0.717, 1.165) is 12.5 Å². The standard InChI is InChI=1S/C8H14O3/c9-7-4-10-5-8(7)11-3-6-1-2-6/h6-9H,1-5H2/t7-,8+/m1/s1. The van der Waals surface area contributed by atoms with E-state index in [2.05, 4.69) is 0 Å². The van der Waals surface area contributed by atoms with Gasteiger partial charge in [0.2, 0.25) is 0 Å². The zero-order chi connectivity index (χ0) is 7.68. The largest absolute Gasteiger partial charge is 0.388 e. The van der Waals surface area contributed by atoms with Gasteiger partial charge in [0.05, 0.1) is 19.8 Å². The summed E-state index contributed by atoms with van der Waals surface area (Å²) in [5.41, 5.74) is 0. The molecule has 2 atom stereocenters. The molecular formula is C8H14O3. The van der Waals surface area contributed by atoms with E-state index in [9.17, 15) is 5.11 Å². The molecule has 0 unspecified atom stereocenters. The Kier molecular flexibility index (Phi) is 2.11. The zero-order valence-electron chi connectivity index (χ0n) is 6.53. The van der Waals surface area contributed by atoms with Gasteiger partial charge in [-0.05, 0) is 18.8 Å². The maximum atomic E-state index is 9.27. The highest BCUT2D eigenvalue weighted by molar-refractivity contribution is 4.77. The number of ether oxygens (including phenoxy) is 2. The van der Waals surface area contributed by atoms with Gasteiger partial charge >= 0.3 is 0 Å². The molecule has 1 N–H and O–H groups in total. The van der Waals surface area contributed by atoms with Crippen molar-refractivity contribution in [1.29, 1.82) is 0 Å². The summed E-state index contributed by atoms with van der Waals surface area (Å²) in [6.45, 7) is 1.81. The summed E-state index contributed by atoms with van der Waals surface area (Å²) in [5, 5.41) is 9.27. The molecule has 1 aliphatic carbocycles. The van der Waals surface area contributed by atoms with Gasteiger partial charge in [-0.1, -0.05) is 0 Å². The fourth-order valence-corrected chi connectivity index (χ4v) is 1.23. The normalized spacial score (nSPS) is 37.9. The van der Waals surface area contributed by atoms with Gasteiger partial charge in [-0.15, -0.1) is 0 Å². The van der Waals surface area contributed by atoms with Gasteiger partial charge in [-0.3, -0.25) is 0 Å². The van der Waals surface area contributed by atoms with Crippen LogP contribution in [0.15, 0.2) is 0 Å². The van der Waals surface area contributed by atoms with Gasteiger partial charge in [0, 0.05) is 0 Å². The van der Waals surface area contributed by atoms with E-state index in [1.807, 2.05) is 0 Å². The molecule has 3 nitrogen and oxygen atoms in total. The lowest BCUT2D eigenvalue weighted by atomic mass is 10.2. The van der Waals surface area contributed by atoms with Crippen LogP contribution in [-0.2, 0) is 9.47 Å². The summed E-state index contributed by atoms with van der Waals surface area (Å²) in [4.78, 5) is 0. The average Bonchev–Trinajstić information content (AvgIpc) is 2.73. The Morgan fingerprint density at radius 1 is 1.36 bits per heavy atom. The minimum absolute atomic E-state index is 0.0596. The molecule has 64 valence electrons. The molecule has 2 fully saturated rings. The molecule has 0 aromatic rings. The second-order valence-electron chi connectivity index (χ2n) is 3.42. The molecule has 0 aromatic heterocycles. The molecule has 3 heteroatoms. The van der Waals surface area contributed by atoms with Gasteiger partial charge < -0.3 is 14.6 Å². The third-order valence-corrected chi connectivity index (χ3v) is 2.24. The van der Waals surface area contributed by atoms with E-state index in [1.54, 1.807) is 0 Å². The quantitative estimate of drug-likeness (QED) is 0.636. The monoisotopic (exact) mass is 158 g/mol. The topological polar surface area (TPSA) is 38.7 Å². The van der Waals surface area contributed by atoms with Crippen molar-refractivity contribution in [3.8, 4) is 0 Å². The molecule has 2 aliphatic rings. The first-order valence-electron chi connectivity index (χ1n) is 4.23. The van der Waals surface area contributed by atoms with E-state index in [0.29, 0.717) is 13.2 Å². The molecule has 0 radical (unpaired) electrons. The van der Waals surface area contributed by atoms with Crippen LogP contribution in [0.25, 0.3) is 0 Å². The van der Waals surface area contributed by atoms with E-state index in [4.69, 9.17) is 9.47 Å². The Labute approximate surface area is 66.3 Å². The maximum absolute atomic E-state index is 9.27. The van der Waals surface area contributed by atoms with Crippen molar-refractivity contribution in [2.45, 2.75) is 25.0 Å². The van der Waals surface area contributed by atoms with Crippen LogP contribution in [0.2, 0.25) is 0 Å². The van der Waals surface area contributed by atoms with Gasteiger partial charge in [0.25, 0.3) is 0 Å². The van der Waals surface area contributed by atoms with Crippen molar-refractivity contribution in [2.75, 3.05) is 19.8 Å². The first kappa shape index (κ1) is 7.53. The van der Waals surface area contributed by atoms with Crippen molar-refractivity contribution in [3.63, 3.8) is 0 Å². The second kappa shape index (κ2) is 3.09. The first-order valence-corrected chi connectivity index (χ1v) is 4.23. The Hall–Kier alpha value is -0.120. The number of hydrogen-bond acceptors (Lipinski definition) is 3. The van der Waals surface area contributed by atoms with Crippen LogP contribution in [0.5, 0.6) is 0 Å². The van der Waals surface area contributed by atoms with Crippen molar-refractivity contribution in [3.05, 3.63) is 0 Å². The van der Waals surface area contributed by atoms with Crippen LogP contribution in [0.3, 0.4) is 0 Å². The molecule has 0 aromatic carbocycles. The lowest BCUT2D eigenvalue weighted by Crippen LogP contribution is -2.27. The Morgan fingerprint density at radius 2 is 2.18 bits per heavy atom. The predicted octanol–water partition coefficient (Wildman–Crippen LogP) is 0.173. The average molecular weight is 158 g/mol. The van der Waals surface area contributed by atoms with E-state index >= 15 is 0 Å². The number of aliphatic hydroxyl groups is 1. The SMILES string of the molecule is O[C@@H]1COC[C@@H]1OCC1CC1. The van der Waals surface area contributed by atoms with E-state index in [-0.39, 0.29) is 6.10 Å². The fraction of sp³-hybridized carbons (Fsp3) is 1.00. The molecule has 0 spiro atoms. The summed E-state index contributed by atoms with van der Waals surface area (Å²) < 4.78 is 10.5. The van der Waals surface area contributed by atoms with Gasteiger partial charge in [0.1, 0.15) is 12.2 Å². The molecule has 1 aliphatic heterocycles. The third-order valence-electron chi connectivity index (χ3n) is 2.24. The number of rotatable bonds is 3. The predicted molar refractivity (Wildman–Crippen MR) is 39.3 cm³/mol. The van der Waals surface area contributed by atoms with Crippen molar-refractivity contribution in [1.82, 2.24) is 0 Å². The van der Waals surface area contributed by atoms with Crippen LogP contribution in [-0.4, -0.2) is 37.1 Å². The van der Waals surface area contributed by atoms with Crippen molar-refractivity contribution < 1.29 is 14.6 Å². The van der Waals surface area contributed by atoms with Crippen molar-refractivity contribution in [2.24, 2.45) is 5.92 Å². The summed E-state index contributed by atoms with van der Waals surface area (Å²) in [7, 11) is 0. The Bertz CT molecular complexity index is 133. The fourth-order valence-electron chi connectivity index (χ4n) is 1.23. The number of hydrogen-bond donors (Lipinski definition) is 1. The second-order valence-corrected chi connectivity index (χ2v) is 3.42. The molecule has 2 rings (SSSR count). The van der Waals surface area contributed by atoms with Crippen LogP contribution in [0, 0.1) is 5.92 Å². The first-order chi connectivity index (χ1) is 5.36. The minimum atomic E-state index is -0.395.